The molecule has 0 bridgehead atoms. The Kier molecular flexibility index (Phi) is 13.3. The van der Waals surface area contributed by atoms with Crippen LogP contribution in [0.1, 0.15) is 78.1 Å². The van der Waals surface area contributed by atoms with Gasteiger partial charge >= 0.3 is 0 Å². The van der Waals surface area contributed by atoms with E-state index in [2.05, 4.69) is 24.2 Å². The van der Waals surface area contributed by atoms with E-state index in [1.165, 1.54) is 82.3 Å². The average molecular weight is 306 g/mol. The zero-order valence-electron chi connectivity index (χ0n) is 12.8. The second kappa shape index (κ2) is 13.2. The van der Waals surface area contributed by atoms with Crippen LogP contribution in [0.15, 0.2) is 11.1 Å². The molecule has 0 aromatic rings. The summed E-state index contributed by atoms with van der Waals surface area (Å²) in [5, 5.41) is 2.29. The van der Waals surface area contributed by atoms with Gasteiger partial charge in [0.25, 0.3) is 0 Å². The van der Waals surface area contributed by atoms with Gasteiger partial charge in [-0.05, 0) is 18.8 Å². The molecular weight excluding hydrogens is 274 g/mol. The summed E-state index contributed by atoms with van der Waals surface area (Å²) < 4.78 is 0. The number of rotatable bonds is 11. The van der Waals surface area contributed by atoms with Gasteiger partial charge in [-0.2, -0.15) is 0 Å². The Hall–Kier alpha value is 0.180. The summed E-state index contributed by atoms with van der Waals surface area (Å²) in [6.45, 7) is 5.79. The summed E-state index contributed by atoms with van der Waals surface area (Å²) in [4.78, 5) is 2.51. The molecule has 0 amide bonds. The van der Waals surface area contributed by atoms with Gasteiger partial charge in [-0.15, -0.1) is 24.2 Å². The predicted octanol–water partition coefficient (Wildman–Crippen LogP) is 6.20. The van der Waals surface area contributed by atoms with Crippen LogP contribution in [0.5, 0.6) is 0 Å². The minimum absolute atomic E-state index is 0. The Bertz CT molecular complexity index is 231. The molecule has 0 fully saturated rings. The Labute approximate surface area is 131 Å². The second-order valence-electron chi connectivity index (χ2n) is 5.50. The van der Waals surface area contributed by atoms with E-state index in [1.54, 1.807) is 0 Å². The molecule has 19 heavy (non-hydrogen) atoms. The van der Waals surface area contributed by atoms with E-state index < -0.39 is 0 Å². The van der Waals surface area contributed by atoms with E-state index in [0.717, 1.165) is 0 Å². The predicted molar refractivity (Wildman–Crippen MR) is 92.0 cm³/mol. The van der Waals surface area contributed by atoms with Crippen molar-refractivity contribution < 1.29 is 0 Å². The Balaban J connectivity index is 0.00000324. The number of nitrogens with zero attached hydrogens (tertiary/aromatic N) is 1. The monoisotopic (exact) mass is 305 g/mol. The molecule has 0 atom stereocenters. The van der Waals surface area contributed by atoms with Gasteiger partial charge in [0.1, 0.15) is 0 Å². The van der Waals surface area contributed by atoms with E-state index in [-0.39, 0.29) is 12.4 Å². The van der Waals surface area contributed by atoms with Crippen molar-refractivity contribution in [2.24, 2.45) is 0 Å². The summed E-state index contributed by atoms with van der Waals surface area (Å²) >= 11 is 1.94. The van der Waals surface area contributed by atoms with Crippen molar-refractivity contribution >= 4 is 24.2 Å². The van der Waals surface area contributed by atoms with E-state index in [1.807, 2.05) is 11.8 Å². The maximum absolute atomic E-state index is 2.51. The molecule has 1 aliphatic rings. The van der Waals surface area contributed by atoms with Gasteiger partial charge in [-0.1, -0.05) is 64.7 Å². The Morgan fingerprint density at radius 2 is 1.47 bits per heavy atom. The fourth-order valence-corrected chi connectivity index (χ4v) is 3.43. The zero-order valence-corrected chi connectivity index (χ0v) is 14.5. The maximum Gasteiger partial charge on any atom is 0.0677 e. The van der Waals surface area contributed by atoms with E-state index >= 15 is 0 Å². The third-order valence-electron chi connectivity index (χ3n) is 3.76. The quantitative estimate of drug-likeness (QED) is 0.418. The lowest BCUT2D eigenvalue weighted by Gasteiger charge is -2.18. The summed E-state index contributed by atoms with van der Waals surface area (Å²) in [7, 11) is 0. The van der Waals surface area contributed by atoms with Crippen LogP contribution in [0.2, 0.25) is 0 Å². The third-order valence-corrected chi connectivity index (χ3v) is 4.73. The topological polar surface area (TPSA) is 3.24 Å². The molecule has 1 rings (SSSR count). The van der Waals surface area contributed by atoms with E-state index in [0.29, 0.717) is 0 Å². The van der Waals surface area contributed by atoms with Crippen molar-refractivity contribution in [3.8, 4) is 0 Å². The van der Waals surface area contributed by atoms with Gasteiger partial charge in [0, 0.05) is 12.2 Å². The van der Waals surface area contributed by atoms with Crippen LogP contribution < -0.4 is 0 Å². The van der Waals surface area contributed by atoms with Crippen molar-refractivity contribution in [2.75, 3.05) is 12.4 Å². The van der Waals surface area contributed by atoms with Crippen molar-refractivity contribution in [3.63, 3.8) is 0 Å². The molecule has 0 spiro atoms. The standard InChI is InChI=1S/C16H31NS.ClH/c1-3-4-5-6-7-8-9-10-11-12-13-17-15-18-14-16(17)2;/h14H,3-13,15H2,1-2H3;1H. The van der Waals surface area contributed by atoms with Gasteiger partial charge in [0.15, 0.2) is 0 Å². The fourth-order valence-electron chi connectivity index (χ4n) is 2.46. The number of halogens is 1. The summed E-state index contributed by atoms with van der Waals surface area (Å²) in [6.07, 6.45) is 14.3. The lowest BCUT2D eigenvalue weighted by atomic mass is 10.1. The molecule has 0 unspecified atom stereocenters. The van der Waals surface area contributed by atoms with Crippen LogP contribution in [-0.4, -0.2) is 17.3 Å². The molecular formula is C16H32ClNS. The second-order valence-corrected chi connectivity index (χ2v) is 6.33. The lowest BCUT2D eigenvalue weighted by molar-refractivity contribution is 0.391. The first-order chi connectivity index (χ1) is 8.84. The third kappa shape index (κ3) is 9.67. The SMILES string of the molecule is CCCCCCCCCCCCN1CSC=C1C.Cl. The maximum atomic E-state index is 2.51. The van der Waals surface area contributed by atoms with Gasteiger partial charge in [-0.3, -0.25) is 0 Å². The first-order valence-corrected chi connectivity index (χ1v) is 8.92. The molecule has 0 aliphatic carbocycles. The Morgan fingerprint density at radius 3 is 1.95 bits per heavy atom. The number of allylic oxidation sites excluding steroid dienone is 1. The van der Waals surface area contributed by atoms with Crippen molar-refractivity contribution in [2.45, 2.75) is 78.1 Å². The molecule has 114 valence electrons. The highest BCUT2D eigenvalue weighted by atomic mass is 35.5. The molecule has 1 nitrogen and oxygen atoms in total. The molecule has 0 saturated carbocycles. The minimum Gasteiger partial charge on any atom is -0.365 e. The van der Waals surface area contributed by atoms with Crippen LogP contribution in [0.25, 0.3) is 0 Å². The highest BCUT2D eigenvalue weighted by molar-refractivity contribution is 8.02. The number of hydrogen-bond acceptors (Lipinski definition) is 2. The Morgan fingerprint density at radius 1 is 0.947 bits per heavy atom. The van der Waals surface area contributed by atoms with Gasteiger partial charge in [0.2, 0.25) is 0 Å². The smallest absolute Gasteiger partial charge is 0.0677 e. The van der Waals surface area contributed by atoms with Crippen LogP contribution in [0.4, 0.5) is 0 Å². The van der Waals surface area contributed by atoms with Crippen LogP contribution in [0.3, 0.4) is 0 Å². The molecule has 0 aromatic heterocycles. The molecule has 0 N–H and O–H groups in total. The average Bonchev–Trinajstić information content (AvgIpc) is 2.77. The van der Waals surface area contributed by atoms with Crippen molar-refractivity contribution in [1.29, 1.82) is 0 Å². The minimum atomic E-state index is 0. The molecule has 0 saturated heterocycles. The normalized spacial score (nSPS) is 14.4. The molecule has 3 heteroatoms. The highest BCUT2D eigenvalue weighted by Gasteiger charge is 2.09. The lowest BCUT2D eigenvalue weighted by Crippen LogP contribution is -2.18. The number of hydrogen-bond donors (Lipinski definition) is 0. The van der Waals surface area contributed by atoms with Gasteiger partial charge in [-0.25, -0.2) is 0 Å². The van der Waals surface area contributed by atoms with Crippen LogP contribution in [-0.2, 0) is 0 Å². The van der Waals surface area contributed by atoms with E-state index in [4.69, 9.17) is 0 Å². The van der Waals surface area contributed by atoms with Crippen LogP contribution >= 0.6 is 24.2 Å². The fraction of sp³-hybridized carbons (Fsp3) is 0.875. The summed E-state index contributed by atoms with van der Waals surface area (Å²) in [6, 6.07) is 0. The van der Waals surface area contributed by atoms with Crippen molar-refractivity contribution in [3.05, 3.63) is 11.1 Å². The first-order valence-electron chi connectivity index (χ1n) is 7.88. The largest absolute Gasteiger partial charge is 0.365 e. The number of unbranched alkanes of at least 4 members (excludes halogenated alkanes) is 9. The first kappa shape index (κ1) is 19.2. The molecule has 1 heterocycles. The zero-order chi connectivity index (χ0) is 13.1. The summed E-state index contributed by atoms with van der Waals surface area (Å²) in [5.41, 5.74) is 1.47. The highest BCUT2D eigenvalue weighted by Crippen LogP contribution is 2.22. The van der Waals surface area contributed by atoms with Crippen LogP contribution in [0, 0.1) is 0 Å². The summed E-state index contributed by atoms with van der Waals surface area (Å²) in [5.74, 6) is 1.18. The molecule has 1 aliphatic heterocycles. The van der Waals surface area contributed by atoms with Gasteiger partial charge in [0.05, 0.1) is 5.88 Å². The van der Waals surface area contributed by atoms with Gasteiger partial charge < -0.3 is 4.90 Å². The van der Waals surface area contributed by atoms with E-state index in [9.17, 15) is 0 Å². The van der Waals surface area contributed by atoms with Crippen molar-refractivity contribution in [1.82, 2.24) is 4.90 Å². The molecule has 0 radical (unpaired) electrons. The molecule has 0 aromatic carbocycles. The number of thioether (sulfide) groups is 1.